The summed E-state index contributed by atoms with van der Waals surface area (Å²) in [4.78, 5) is 13.1. The molecule has 0 aliphatic heterocycles. The minimum absolute atomic E-state index is 0.145. The normalized spacial score (nSPS) is 11.2. The van der Waals surface area contributed by atoms with E-state index in [1.807, 2.05) is 60.7 Å². The van der Waals surface area contributed by atoms with Gasteiger partial charge < -0.3 is 14.8 Å². The van der Waals surface area contributed by atoms with Gasteiger partial charge in [-0.1, -0.05) is 60.7 Å². The zero-order chi connectivity index (χ0) is 26.1. The highest BCUT2D eigenvalue weighted by atomic mass is 32.2. The number of anilines is 1. The van der Waals surface area contributed by atoms with E-state index in [0.29, 0.717) is 23.6 Å². The summed E-state index contributed by atoms with van der Waals surface area (Å²) in [6.07, 6.45) is 0. The lowest BCUT2D eigenvalue weighted by Crippen LogP contribution is -2.26. The Morgan fingerprint density at radius 3 is 2.05 bits per heavy atom. The first-order chi connectivity index (χ1) is 17.9. The van der Waals surface area contributed by atoms with Crippen molar-refractivity contribution in [3.63, 3.8) is 0 Å². The molecule has 0 atom stereocenters. The number of amides is 1. The summed E-state index contributed by atoms with van der Waals surface area (Å²) in [6.45, 7) is 0.853. The highest BCUT2D eigenvalue weighted by Gasteiger charge is 2.21. The summed E-state index contributed by atoms with van der Waals surface area (Å²) in [6, 6.07) is 31.8. The van der Waals surface area contributed by atoms with E-state index in [1.165, 1.54) is 16.4 Å². The van der Waals surface area contributed by atoms with E-state index in [2.05, 4.69) is 5.32 Å². The molecule has 0 fully saturated rings. The molecular formula is C29H28N2O5S. The van der Waals surface area contributed by atoms with E-state index in [-0.39, 0.29) is 24.0 Å². The molecule has 7 nitrogen and oxygen atoms in total. The van der Waals surface area contributed by atoms with Crippen LogP contribution < -0.4 is 14.8 Å². The van der Waals surface area contributed by atoms with Gasteiger partial charge in [0.25, 0.3) is 5.91 Å². The van der Waals surface area contributed by atoms with Crippen LogP contribution in [0.1, 0.15) is 15.9 Å². The number of benzene rings is 4. The molecule has 8 heteroatoms. The predicted molar refractivity (Wildman–Crippen MR) is 143 cm³/mol. The summed E-state index contributed by atoms with van der Waals surface area (Å²) < 4.78 is 38.6. The van der Waals surface area contributed by atoms with Gasteiger partial charge in [-0.05, 0) is 54.1 Å². The van der Waals surface area contributed by atoms with Gasteiger partial charge in [0, 0.05) is 19.3 Å². The van der Waals surface area contributed by atoms with Gasteiger partial charge in [-0.25, -0.2) is 8.42 Å². The maximum atomic E-state index is 13.0. The number of sulfonamides is 1. The van der Waals surface area contributed by atoms with Crippen LogP contribution in [-0.4, -0.2) is 38.9 Å². The van der Waals surface area contributed by atoms with Crippen molar-refractivity contribution < 1.29 is 22.7 Å². The fourth-order valence-corrected chi connectivity index (χ4v) is 4.78. The minimum atomic E-state index is -3.69. The molecule has 4 aromatic rings. The molecule has 1 amide bonds. The van der Waals surface area contributed by atoms with Gasteiger partial charge in [0.15, 0.2) is 0 Å². The maximum absolute atomic E-state index is 13.0. The SMILES string of the molecule is CN(Cc1ccccc1)S(=O)(=O)c1ccc(NC(=O)c2ccccc2OCCOc2ccccc2)cc1. The Morgan fingerprint density at radius 1 is 0.757 bits per heavy atom. The Bertz CT molecular complexity index is 1410. The third kappa shape index (κ3) is 6.97. The van der Waals surface area contributed by atoms with Crippen molar-refractivity contribution in [2.45, 2.75) is 11.4 Å². The number of para-hydroxylation sites is 2. The molecule has 0 radical (unpaired) electrons. The molecule has 37 heavy (non-hydrogen) atoms. The van der Waals surface area contributed by atoms with E-state index in [0.717, 1.165) is 11.3 Å². The smallest absolute Gasteiger partial charge is 0.259 e. The molecule has 4 rings (SSSR count). The number of nitrogens with zero attached hydrogens (tertiary/aromatic N) is 1. The third-order valence-corrected chi connectivity index (χ3v) is 7.37. The second kappa shape index (κ2) is 12.2. The second-order valence-electron chi connectivity index (χ2n) is 8.23. The van der Waals surface area contributed by atoms with Crippen molar-refractivity contribution in [1.29, 1.82) is 0 Å². The fraction of sp³-hybridized carbons (Fsp3) is 0.138. The van der Waals surface area contributed by atoms with Crippen LogP contribution in [0.15, 0.2) is 114 Å². The summed E-state index contributed by atoms with van der Waals surface area (Å²) in [5.41, 5.74) is 1.73. The zero-order valence-corrected chi connectivity index (χ0v) is 21.2. The Morgan fingerprint density at radius 2 is 1.35 bits per heavy atom. The molecule has 0 aliphatic carbocycles. The second-order valence-corrected chi connectivity index (χ2v) is 10.3. The first kappa shape index (κ1) is 25.9. The third-order valence-electron chi connectivity index (χ3n) is 5.55. The van der Waals surface area contributed by atoms with Gasteiger partial charge in [0.05, 0.1) is 10.5 Å². The molecule has 4 aromatic carbocycles. The lowest BCUT2D eigenvalue weighted by molar-refractivity contribution is 0.102. The molecule has 0 spiro atoms. The van der Waals surface area contributed by atoms with E-state index >= 15 is 0 Å². The van der Waals surface area contributed by atoms with E-state index in [1.54, 1.807) is 43.4 Å². The Hall–Kier alpha value is -4.14. The first-order valence-corrected chi connectivity index (χ1v) is 13.2. The number of nitrogens with one attached hydrogen (secondary N) is 1. The van der Waals surface area contributed by atoms with Crippen molar-refractivity contribution in [1.82, 2.24) is 4.31 Å². The number of carbonyl (C=O) groups excluding carboxylic acids is 1. The Labute approximate surface area is 217 Å². The molecule has 0 unspecified atom stereocenters. The molecule has 1 N–H and O–H groups in total. The van der Waals surface area contributed by atoms with Crippen molar-refractivity contribution in [3.05, 3.63) is 120 Å². The van der Waals surface area contributed by atoms with Gasteiger partial charge in [0.2, 0.25) is 10.0 Å². The average Bonchev–Trinajstić information content (AvgIpc) is 2.93. The zero-order valence-electron chi connectivity index (χ0n) is 20.4. The van der Waals surface area contributed by atoms with Gasteiger partial charge >= 0.3 is 0 Å². The number of hydrogen-bond donors (Lipinski definition) is 1. The molecule has 0 aliphatic rings. The van der Waals surface area contributed by atoms with Gasteiger partial charge in [-0.2, -0.15) is 4.31 Å². The van der Waals surface area contributed by atoms with Gasteiger partial charge in [-0.3, -0.25) is 4.79 Å². The van der Waals surface area contributed by atoms with Gasteiger partial charge in [-0.15, -0.1) is 0 Å². The standard InChI is InChI=1S/C29H28N2O5S/c1-31(22-23-10-4-2-5-11-23)37(33,34)26-18-16-24(17-19-26)30-29(32)27-14-8-9-15-28(27)36-21-20-35-25-12-6-3-7-13-25/h2-19H,20-22H2,1H3,(H,30,32). The number of hydrogen-bond acceptors (Lipinski definition) is 5. The fourth-order valence-electron chi connectivity index (χ4n) is 3.62. The quantitative estimate of drug-likeness (QED) is 0.277. The molecule has 190 valence electrons. The van der Waals surface area contributed by atoms with Crippen molar-refractivity contribution >= 4 is 21.6 Å². The van der Waals surface area contributed by atoms with Crippen LogP contribution >= 0.6 is 0 Å². The highest BCUT2D eigenvalue weighted by molar-refractivity contribution is 7.89. The van der Waals surface area contributed by atoms with Crippen LogP contribution in [-0.2, 0) is 16.6 Å². The lowest BCUT2D eigenvalue weighted by atomic mass is 10.2. The number of ether oxygens (including phenoxy) is 2. The molecular weight excluding hydrogens is 488 g/mol. The van der Waals surface area contributed by atoms with Crippen LogP contribution in [0.2, 0.25) is 0 Å². The Balaban J connectivity index is 1.36. The van der Waals surface area contributed by atoms with Crippen LogP contribution in [0.5, 0.6) is 11.5 Å². The van der Waals surface area contributed by atoms with Crippen LogP contribution in [0.4, 0.5) is 5.69 Å². The number of rotatable bonds is 11. The monoisotopic (exact) mass is 516 g/mol. The molecule has 0 bridgehead atoms. The van der Waals surface area contributed by atoms with E-state index in [9.17, 15) is 13.2 Å². The van der Waals surface area contributed by atoms with Crippen molar-refractivity contribution in [3.8, 4) is 11.5 Å². The van der Waals surface area contributed by atoms with Crippen LogP contribution in [0.25, 0.3) is 0 Å². The number of carbonyl (C=O) groups is 1. The maximum Gasteiger partial charge on any atom is 0.259 e. The van der Waals surface area contributed by atoms with Crippen LogP contribution in [0, 0.1) is 0 Å². The predicted octanol–water partition coefficient (Wildman–Crippen LogP) is 5.22. The molecule has 0 aromatic heterocycles. The van der Waals surface area contributed by atoms with Crippen LogP contribution in [0.3, 0.4) is 0 Å². The van der Waals surface area contributed by atoms with Crippen molar-refractivity contribution in [2.75, 3.05) is 25.6 Å². The molecule has 0 heterocycles. The molecule has 0 saturated heterocycles. The summed E-state index contributed by atoms with van der Waals surface area (Å²) in [5, 5.41) is 2.80. The summed E-state index contributed by atoms with van der Waals surface area (Å²) >= 11 is 0. The average molecular weight is 517 g/mol. The lowest BCUT2D eigenvalue weighted by Gasteiger charge is -2.17. The molecule has 0 saturated carbocycles. The Kier molecular flexibility index (Phi) is 8.56. The summed E-state index contributed by atoms with van der Waals surface area (Å²) in [5.74, 6) is 0.809. The largest absolute Gasteiger partial charge is 0.490 e. The first-order valence-electron chi connectivity index (χ1n) is 11.7. The van der Waals surface area contributed by atoms with E-state index < -0.39 is 10.0 Å². The van der Waals surface area contributed by atoms with Gasteiger partial charge in [0.1, 0.15) is 24.7 Å². The topological polar surface area (TPSA) is 84.9 Å². The minimum Gasteiger partial charge on any atom is -0.490 e. The van der Waals surface area contributed by atoms with Crippen molar-refractivity contribution in [2.24, 2.45) is 0 Å². The highest BCUT2D eigenvalue weighted by Crippen LogP contribution is 2.22. The summed E-state index contributed by atoms with van der Waals surface area (Å²) in [7, 11) is -2.14. The van der Waals surface area contributed by atoms with E-state index in [4.69, 9.17) is 9.47 Å².